The van der Waals surface area contributed by atoms with Gasteiger partial charge in [-0.05, 0) is 53.6 Å². The summed E-state index contributed by atoms with van der Waals surface area (Å²) in [4.78, 5) is 2.94. The van der Waals surface area contributed by atoms with Crippen molar-refractivity contribution in [2.75, 3.05) is 0 Å². The molecule has 1 N–H and O–H groups in total. The summed E-state index contributed by atoms with van der Waals surface area (Å²) < 4.78 is 110. The smallest absolute Gasteiger partial charge is 0.488 e. The predicted octanol–water partition coefficient (Wildman–Crippen LogP) is 4.92. The van der Waals surface area contributed by atoms with Crippen LogP contribution in [0.5, 0.6) is 17.4 Å². The van der Waals surface area contributed by atoms with Crippen LogP contribution in [0.4, 0.5) is 25.8 Å². The fourth-order valence-electron chi connectivity index (χ4n) is 2.60. The third kappa shape index (κ3) is 5.81. The van der Waals surface area contributed by atoms with Gasteiger partial charge in [0.2, 0.25) is 5.88 Å². The molecule has 170 valence electrons. The SMILES string of the molecule is O=S(=O)(F)Oc1ccc(OCc2c(F)cc(-c3cc(O)nc(C(F)(F)F)c3)cc2F)cc1. The van der Waals surface area contributed by atoms with Gasteiger partial charge in [-0.15, -0.1) is 0 Å². The summed E-state index contributed by atoms with van der Waals surface area (Å²) in [5, 5.41) is 9.42. The second kappa shape index (κ2) is 8.57. The summed E-state index contributed by atoms with van der Waals surface area (Å²) in [7, 11) is -5.22. The van der Waals surface area contributed by atoms with Crippen molar-refractivity contribution in [2.24, 2.45) is 0 Å². The number of aromatic hydroxyl groups is 1. The van der Waals surface area contributed by atoms with E-state index in [1.54, 1.807) is 0 Å². The van der Waals surface area contributed by atoms with E-state index >= 15 is 0 Å². The Bertz CT molecular complexity index is 1220. The van der Waals surface area contributed by atoms with Gasteiger partial charge in [-0.25, -0.2) is 13.8 Å². The van der Waals surface area contributed by atoms with Gasteiger partial charge in [0.05, 0.1) is 5.56 Å². The highest BCUT2D eigenvalue weighted by atomic mass is 32.3. The van der Waals surface area contributed by atoms with E-state index in [4.69, 9.17) is 4.74 Å². The average molecular weight is 479 g/mol. The van der Waals surface area contributed by atoms with E-state index in [1.165, 1.54) is 0 Å². The second-order valence-corrected chi connectivity index (χ2v) is 7.20. The first kappa shape index (κ1) is 23.2. The summed E-state index contributed by atoms with van der Waals surface area (Å²) in [5.74, 6) is -3.57. The third-order valence-corrected chi connectivity index (χ3v) is 4.37. The van der Waals surface area contributed by atoms with Crippen LogP contribution in [0.25, 0.3) is 11.1 Å². The molecule has 0 aliphatic rings. The second-order valence-electron chi connectivity index (χ2n) is 6.25. The van der Waals surface area contributed by atoms with E-state index in [2.05, 4.69) is 9.17 Å². The molecular weight excluding hydrogens is 468 g/mol. The lowest BCUT2D eigenvalue weighted by atomic mass is 10.0. The molecular formula is C19H11F6NO5S. The van der Waals surface area contributed by atoms with E-state index in [1.807, 2.05) is 0 Å². The van der Waals surface area contributed by atoms with E-state index in [9.17, 15) is 39.4 Å². The van der Waals surface area contributed by atoms with E-state index in [0.29, 0.717) is 6.07 Å². The quantitative estimate of drug-likeness (QED) is 0.399. The van der Waals surface area contributed by atoms with Gasteiger partial charge in [-0.2, -0.15) is 21.6 Å². The highest BCUT2D eigenvalue weighted by Crippen LogP contribution is 2.34. The van der Waals surface area contributed by atoms with Crippen molar-refractivity contribution >= 4 is 10.5 Å². The summed E-state index contributed by atoms with van der Waals surface area (Å²) in [6.07, 6.45) is -4.88. The predicted molar refractivity (Wildman–Crippen MR) is 97.7 cm³/mol. The number of hydrogen-bond acceptors (Lipinski definition) is 6. The van der Waals surface area contributed by atoms with Gasteiger partial charge in [0.1, 0.15) is 35.4 Å². The van der Waals surface area contributed by atoms with Crippen LogP contribution < -0.4 is 8.92 Å². The van der Waals surface area contributed by atoms with Crippen LogP contribution >= 0.6 is 0 Å². The maximum absolute atomic E-state index is 14.4. The Morgan fingerprint density at radius 2 is 1.44 bits per heavy atom. The molecule has 1 heterocycles. The number of rotatable bonds is 6. The van der Waals surface area contributed by atoms with E-state index in [0.717, 1.165) is 42.5 Å². The van der Waals surface area contributed by atoms with Crippen molar-refractivity contribution in [2.45, 2.75) is 12.8 Å². The highest BCUT2D eigenvalue weighted by molar-refractivity contribution is 7.81. The average Bonchev–Trinajstić information content (AvgIpc) is 2.66. The number of halogens is 6. The molecule has 1 aromatic heterocycles. The van der Waals surface area contributed by atoms with Crippen LogP contribution in [0.3, 0.4) is 0 Å². The van der Waals surface area contributed by atoms with Crippen LogP contribution in [0.2, 0.25) is 0 Å². The minimum Gasteiger partial charge on any atom is -0.493 e. The molecule has 32 heavy (non-hydrogen) atoms. The molecule has 0 aliphatic heterocycles. The number of hydrogen-bond donors (Lipinski definition) is 1. The Balaban J connectivity index is 1.81. The molecule has 3 aromatic rings. The first-order valence-corrected chi connectivity index (χ1v) is 9.76. The molecule has 2 aromatic carbocycles. The van der Waals surface area contributed by atoms with Crippen LogP contribution in [-0.2, 0) is 23.3 Å². The topological polar surface area (TPSA) is 85.7 Å². The fourth-order valence-corrected chi connectivity index (χ4v) is 2.94. The molecule has 0 unspecified atom stereocenters. The first-order chi connectivity index (χ1) is 14.8. The zero-order valence-corrected chi connectivity index (χ0v) is 16.3. The number of aromatic nitrogens is 1. The molecule has 13 heteroatoms. The Morgan fingerprint density at radius 1 is 0.906 bits per heavy atom. The largest absolute Gasteiger partial charge is 0.493 e. The van der Waals surface area contributed by atoms with Gasteiger partial charge in [0.15, 0.2) is 0 Å². The maximum atomic E-state index is 14.4. The molecule has 6 nitrogen and oxygen atoms in total. The highest BCUT2D eigenvalue weighted by Gasteiger charge is 2.33. The Hall–Kier alpha value is -3.48. The summed E-state index contributed by atoms with van der Waals surface area (Å²) >= 11 is 0. The van der Waals surface area contributed by atoms with Crippen molar-refractivity contribution in [1.82, 2.24) is 4.98 Å². The number of alkyl halides is 3. The summed E-state index contributed by atoms with van der Waals surface area (Å²) in [5.41, 5.74) is -2.57. The van der Waals surface area contributed by atoms with Gasteiger partial charge in [0, 0.05) is 6.07 Å². The Kier molecular flexibility index (Phi) is 6.21. The lowest BCUT2D eigenvalue weighted by Gasteiger charge is -2.12. The van der Waals surface area contributed by atoms with E-state index < -0.39 is 52.1 Å². The standard InChI is InChI=1S/C19H11F6NO5S/c20-15-5-10(11-7-17(19(22,23)24)26-18(27)8-11)6-16(21)14(15)9-30-12-1-3-13(4-2-12)31-32(25,28)29/h1-8H,9H2,(H,26,27). The first-order valence-electron chi connectivity index (χ1n) is 8.45. The monoisotopic (exact) mass is 479 g/mol. The molecule has 3 rings (SSSR count). The lowest BCUT2D eigenvalue weighted by Crippen LogP contribution is -2.08. The molecule has 0 aliphatic carbocycles. The van der Waals surface area contributed by atoms with Gasteiger partial charge in [0.25, 0.3) is 0 Å². The molecule has 0 fully saturated rings. The zero-order valence-electron chi connectivity index (χ0n) is 15.5. The third-order valence-electron chi connectivity index (χ3n) is 3.98. The zero-order chi connectivity index (χ0) is 23.7. The van der Waals surface area contributed by atoms with Crippen LogP contribution in [0.15, 0.2) is 48.5 Å². The minimum absolute atomic E-state index is 0.0327. The summed E-state index contributed by atoms with van der Waals surface area (Å²) in [6, 6.07) is 7.27. The minimum atomic E-state index is -5.22. The number of benzene rings is 2. The Morgan fingerprint density at radius 3 is 1.97 bits per heavy atom. The Labute approximate surface area is 177 Å². The lowest BCUT2D eigenvalue weighted by molar-refractivity contribution is -0.141. The normalized spacial score (nSPS) is 11.9. The van der Waals surface area contributed by atoms with Gasteiger partial charge >= 0.3 is 16.7 Å². The number of ether oxygens (including phenoxy) is 1. The van der Waals surface area contributed by atoms with Gasteiger partial charge < -0.3 is 14.0 Å². The van der Waals surface area contributed by atoms with Gasteiger partial charge in [-0.1, -0.05) is 3.89 Å². The molecule has 0 amide bonds. The van der Waals surface area contributed by atoms with Crippen LogP contribution in [0.1, 0.15) is 11.3 Å². The molecule has 0 bridgehead atoms. The molecule has 0 saturated carbocycles. The van der Waals surface area contributed by atoms with Crippen molar-refractivity contribution in [3.8, 4) is 28.5 Å². The molecule has 0 spiro atoms. The maximum Gasteiger partial charge on any atom is 0.488 e. The molecule has 0 radical (unpaired) electrons. The van der Waals surface area contributed by atoms with E-state index in [-0.39, 0.29) is 22.6 Å². The van der Waals surface area contributed by atoms with Crippen LogP contribution in [0, 0.1) is 11.6 Å². The molecule has 0 atom stereocenters. The van der Waals surface area contributed by atoms with Crippen molar-refractivity contribution < 1.29 is 48.3 Å². The summed E-state index contributed by atoms with van der Waals surface area (Å²) in [6.45, 7) is -0.630. The fraction of sp³-hybridized carbons (Fsp3) is 0.105. The van der Waals surface area contributed by atoms with Gasteiger partial charge in [-0.3, -0.25) is 0 Å². The number of pyridine rings is 1. The number of nitrogens with zero attached hydrogens (tertiary/aromatic N) is 1. The molecule has 0 saturated heterocycles. The van der Waals surface area contributed by atoms with Crippen molar-refractivity contribution in [3.05, 3.63) is 71.4 Å². The van der Waals surface area contributed by atoms with Crippen LogP contribution in [-0.4, -0.2) is 18.5 Å². The van der Waals surface area contributed by atoms with Crippen molar-refractivity contribution in [3.63, 3.8) is 0 Å². The van der Waals surface area contributed by atoms with Crippen molar-refractivity contribution in [1.29, 1.82) is 0 Å².